The summed E-state index contributed by atoms with van der Waals surface area (Å²) in [5.74, 6) is 0.960. The third kappa shape index (κ3) is 3.08. The monoisotopic (exact) mass is 235 g/mol. The van der Waals surface area contributed by atoms with Gasteiger partial charge in [0.2, 0.25) is 0 Å². The zero-order valence-electron chi connectivity index (χ0n) is 8.86. The first-order chi connectivity index (χ1) is 7.24. The molecular formula is C12H13NS2. The van der Waals surface area contributed by atoms with Gasteiger partial charge in [0.15, 0.2) is 0 Å². The number of hydrogen-bond acceptors (Lipinski definition) is 3. The van der Waals surface area contributed by atoms with E-state index in [9.17, 15) is 0 Å². The van der Waals surface area contributed by atoms with Crippen LogP contribution in [0, 0.1) is 13.8 Å². The lowest BCUT2D eigenvalue weighted by atomic mass is 10.3. The molecule has 0 fully saturated rings. The fourth-order valence-electron chi connectivity index (χ4n) is 1.31. The van der Waals surface area contributed by atoms with Gasteiger partial charge in [0, 0.05) is 11.4 Å². The number of aryl methyl sites for hydroxylation is 2. The molecule has 2 rings (SSSR count). The smallest absolute Gasteiger partial charge is 0.0605 e. The molecule has 0 unspecified atom stereocenters. The molecule has 0 atom stereocenters. The van der Waals surface area contributed by atoms with Gasteiger partial charge >= 0.3 is 0 Å². The van der Waals surface area contributed by atoms with E-state index in [4.69, 9.17) is 0 Å². The van der Waals surface area contributed by atoms with Crippen molar-refractivity contribution < 1.29 is 0 Å². The molecule has 3 heteroatoms. The molecule has 0 aliphatic rings. The minimum absolute atomic E-state index is 0.960. The van der Waals surface area contributed by atoms with Crippen LogP contribution in [-0.2, 0) is 5.75 Å². The molecule has 0 aliphatic heterocycles. The second-order valence-corrected chi connectivity index (χ2v) is 5.69. The minimum atomic E-state index is 0.960. The van der Waals surface area contributed by atoms with Crippen LogP contribution in [0.5, 0.6) is 0 Å². The first-order valence-electron chi connectivity index (χ1n) is 4.84. The normalized spacial score (nSPS) is 10.5. The Morgan fingerprint density at radius 2 is 2.20 bits per heavy atom. The number of thiophene rings is 1. The van der Waals surface area contributed by atoms with Gasteiger partial charge in [-0.3, -0.25) is 4.98 Å². The van der Waals surface area contributed by atoms with E-state index in [1.54, 1.807) is 0 Å². The largest absolute Gasteiger partial charge is 0.257 e. The molecule has 0 amide bonds. The molecular weight excluding hydrogens is 222 g/mol. The topological polar surface area (TPSA) is 12.9 Å². The maximum Gasteiger partial charge on any atom is 0.0605 e. The van der Waals surface area contributed by atoms with E-state index in [-0.39, 0.29) is 0 Å². The Balaban J connectivity index is 1.99. The van der Waals surface area contributed by atoms with Crippen molar-refractivity contribution in [3.63, 3.8) is 0 Å². The lowest BCUT2D eigenvalue weighted by molar-refractivity contribution is 1.11. The van der Waals surface area contributed by atoms with Gasteiger partial charge in [0.1, 0.15) is 0 Å². The summed E-state index contributed by atoms with van der Waals surface area (Å²) in [4.78, 5) is 4.48. The molecule has 0 saturated heterocycles. The van der Waals surface area contributed by atoms with Gasteiger partial charge in [-0.15, -0.1) is 23.1 Å². The van der Waals surface area contributed by atoms with Crippen molar-refractivity contribution in [3.05, 3.63) is 46.6 Å². The molecule has 0 spiro atoms. The summed E-state index contributed by atoms with van der Waals surface area (Å²) in [6.45, 7) is 4.16. The zero-order valence-corrected chi connectivity index (χ0v) is 10.5. The van der Waals surface area contributed by atoms with Crippen molar-refractivity contribution in [3.8, 4) is 0 Å². The van der Waals surface area contributed by atoms with Gasteiger partial charge in [-0.05, 0) is 43.0 Å². The van der Waals surface area contributed by atoms with Crippen molar-refractivity contribution in [2.24, 2.45) is 0 Å². The summed E-state index contributed by atoms with van der Waals surface area (Å²) in [5, 5.41) is 2.19. The standard InChI is InChI=1S/C12H13NS2/c1-9-6-12(14-7-9)15-8-11-5-3-4-10(2)13-11/h3-7H,8H2,1-2H3. The third-order valence-electron chi connectivity index (χ3n) is 2.01. The van der Waals surface area contributed by atoms with E-state index in [2.05, 4.69) is 35.5 Å². The van der Waals surface area contributed by atoms with E-state index in [1.807, 2.05) is 36.1 Å². The van der Waals surface area contributed by atoms with Crippen LogP contribution in [0.2, 0.25) is 0 Å². The van der Waals surface area contributed by atoms with Crippen LogP contribution in [0.15, 0.2) is 33.9 Å². The molecule has 0 N–H and O–H groups in total. The van der Waals surface area contributed by atoms with Crippen LogP contribution in [-0.4, -0.2) is 4.98 Å². The summed E-state index contributed by atoms with van der Waals surface area (Å²) in [6, 6.07) is 8.41. The Bertz CT molecular complexity index is 448. The summed E-state index contributed by atoms with van der Waals surface area (Å²) < 4.78 is 1.37. The Hall–Kier alpha value is -0.800. The Morgan fingerprint density at radius 1 is 1.33 bits per heavy atom. The fraction of sp³-hybridized carbons (Fsp3) is 0.250. The maximum absolute atomic E-state index is 4.48. The van der Waals surface area contributed by atoms with Crippen molar-refractivity contribution in [1.82, 2.24) is 4.98 Å². The Morgan fingerprint density at radius 3 is 2.87 bits per heavy atom. The van der Waals surface area contributed by atoms with Crippen LogP contribution in [0.25, 0.3) is 0 Å². The van der Waals surface area contributed by atoms with E-state index in [0.717, 1.165) is 17.1 Å². The van der Waals surface area contributed by atoms with Crippen molar-refractivity contribution in [2.45, 2.75) is 23.8 Å². The van der Waals surface area contributed by atoms with E-state index in [1.165, 1.54) is 9.77 Å². The molecule has 2 heterocycles. The second-order valence-electron chi connectivity index (χ2n) is 3.50. The van der Waals surface area contributed by atoms with Crippen LogP contribution in [0.4, 0.5) is 0 Å². The van der Waals surface area contributed by atoms with E-state index < -0.39 is 0 Å². The van der Waals surface area contributed by atoms with E-state index in [0.29, 0.717) is 0 Å². The quantitative estimate of drug-likeness (QED) is 0.744. The summed E-state index contributed by atoms with van der Waals surface area (Å²) in [5.41, 5.74) is 3.60. The number of nitrogens with zero attached hydrogens (tertiary/aromatic N) is 1. The van der Waals surface area contributed by atoms with Crippen molar-refractivity contribution in [1.29, 1.82) is 0 Å². The van der Waals surface area contributed by atoms with Gasteiger partial charge in [0.25, 0.3) is 0 Å². The lowest BCUT2D eigenvalue weighted by Crippen LogP contribution is -1.87. The average Bonchev–Trinajstić information content (AvgIpc) is 2.62. The molecule has 15 heavy (non-hydrogen) atoms. The summed E-state index contributed by atoms with van der Waals surface area (Å²) in [6.07, 6.45) is 0. The predicted octanol–water partition coefficient (Wildman–Crippen LogP) is 4.05. The fourth-order valence-corrected chi connectivity index (χ4v) is 3.24. The molecule has 2 aromatic heterocycles. The molecule has 0 bridgehead atoms. The van der Waals surface area contributed by atoms with Gasteiger partial charge in [-0.2, -0.15) is 0 Å². The number of pyridine rings is 1. The predicted molar refractivity (Wildman–Crippen MR) is 67.6 cm³/mol. The van der Waals surface area contributed by atoms with Crippen LogP contribution < -0.4 is 0 Å². The molecule has 78 valence electrons. The van der Waals surface area contributed by atoms with Crippen molar-refractivity contribution in [2.75, 3.05) is 0 Å². The molecule has 0 radical (unpaired) electrons. The molecule has 0 saturated carbocycles. The van der Waals surface area contributed by atoms with Crippen molar-refractivity contribution >= 4 is 23.1 Å². The SMILES string of the molecule is Cc1csc(SCc2cccc(C)n2)c1. The van der Waals surface area contributed by atoms with Gasteiger partial charge in [-0.1, -0.05) is 6.07 Å². The zero-order chi connectivity index (χ0) is 10.7. The number of aromatic nitrogens is 1. The van der Waals surface area contributed by atoms with Crippen LogP contribution in [0.1, 0.15) is 17.0 Å². The highest BCUT2D eigenvalue weighted by Gasteiger charge is 1.99. The highest BCUT2D eigenvalue weighted by Crippen LogP contribution is 2.28. The van der Waals surface area contributed by atoms with Crippen LogP contribution in [0.3, 0.4) is 0 Å². The second kappa shape index (κ2) is 4.81. The van der Waals surface area contributed by atoms with Crippen LogP contribution >= 0.6 is 23.1 Å². The number of thioether (sulfide) groups is 1. The lowest BCUT2D eigenvalue weighted by Gasteiger charge is -1.99. The molecule has 0 aliphatic carbocycles. The summed E-state index contributed by atoms with van der Waals surface area (Å²) >= 11 is 3.67. The molecule has 0 aromatic carbocycles. The van der Waals surface area contributed by atoms with Gasteiger partial charge < -0.3 is 0 Å². The average molecular weight is 235 g/mol. The first-order valence-corrected chi connectivity index (χ1v) is 6.71. The van der Waals surface area contributed by atoms with Gasteiger partial charge in [0.05, 0.1) is 9.90 Å². The molecule has 2 aromatic rings. The summed E-state index contributed by atoms with van der Waals surface area (Å²) in [7, 11) is 0. The Labute approximate surface area is 98.6 Å². The first kappa shape index (κ1) is 10.7. The number of hydrogen-bond donors (Lipinski definition) is 0. The maximum atomic E-state index is 4.48. The Kier molecular flexibility index (Phi) is 3.44. The highest BCUT2D eigenvalue weighted by molar-refractivity contribution is 8.00. The minimum Gasteiger partial charge on any atom is -0.257 e. The number of rotatable bonds is 3. The third-order valence-corrected chi connectivity index (χ3v) is 4.34. The highest BCUT2D eigenvalue weighted by atomic mass is 32.2. The molecule has 1 nitrogen and oxygen atoms in total. The van der Waals surface area contributed by atoms with E-state index >= 15 is 0 Å². The van der Waals surface area contributed by atoms with Gasteiger partial charge in [-0.25, -0.2) is 0 Å².